The lowest BCUT2D eigenvalue weighted by Crippen LogP contribution is -2.44. The molecule has 1 fully saturated rings. The number of nitrogens with zero attached hydrogens (tertiary/aromatic N) is 4. The Kier molecular flexibility index (Phi) is 8.31. The standard InChI is InChI=1S/C25H30N4O4S/c1-33-18-3-4-23-21(14-18)20(7-9-26-23)24(30)5-2-17-8-11-29(16-22(17)25(31)32)12-13-34-19-6-10-27-28-15-19/h3-4,6-7,9-10,14-15,17,22,24,30H,2,5,8,11-13,16H2,1H3,(H,31,32)/t17-,22+,24?/m1/s1. The minimum absolute atomic E-state index is 0.0445. The number of pyridine rings is 1. The Bertz CT molecular complexity index is 1100. The first-order chi connectivity index (χ1) is 16.5. The molecular weight excluding hydrogens is 452 g/mol. The van der Waals surface area contributed by atoms with E-state index in [9.17, 15) is 15.0 Å². The maximum atomic E-state index is 12.0. The van der Waals surface area contributed by atoms with Crippen LogP contribution in [0.25, 0.3) is 10.9 Å². The van der Waals surface area contributed by atoms with Crippen LogP contribution in [-0.2, 0) is 4.79 Å². The van der Waals surface area contributed by atoms with Crippen LogP contribution in [0.15, 0.2) is 53.8 Å². The zero-order valence-corrected chi connectivity index (χ0v) is 20.0. The van der Waals surface area contributed by atoms with E-state index in [0.29, 0.717) is 25.1 Å². The Morgan fingerprint density at radius 1 is 1.26 bits per heavy atom. The first-order valence-electron chi connectivity index (χ1n) is 11.5. The topological polar surface area (TPSA) is 109 Å². The minimum atomic E-state index is -0.755. The molecule has 1 aliphatic heterocycles. The van der Waals surface area contributed by atoms with Gasteiger partial charge in [0.2, 0.25) is 0 Å². The number of rotatable bonds is 10. The highest BCUT2D eigenvalue weighted by Gasteiger charge is 2.34. The van der Waals surface area contributed by atoms with E-state index >= 15 is 0 Å². The van der Waals surface area contributed by atoms with Gasteiger partial charge < -0.3 is 19.8 Å². The predicted octanol–water partition coefficient (Wildman–Crippen LogP) is 3.66. The molecule has 0 saturated carbocycles. The Labute approximate surface area is 203 Å². The number of fused-ring (bicyclic) bond motifs is 1. The molecule has 0 aliphatic carbocycles. The Balaban J connectivity index is 1.34. The number of aliphatic hydroxyl groups is 1. The summed E-state index contributed by atoms with van der Waals surface area (Å²) in [5.41, 5.74) is 1.60. The van der Waals surface area contributed by atoms with Crippen LogP contribution in [-0.4, -0.2) is 68.8 Å². The lowest BCUT2D eigenvalue weighted by Gasteiger charge is -2.37. The summed E-state index contributed by atoms with van der Waals surface area (Å²) in [5.74, 6) is 0.450. The molecule has 34 heavy (non-hydrogen) atoms. The maximum Gasteiger partial charge on any atom is 0.308 e. The van der Waals surface area contributed by atoms with Crippen LogP contribution in [0.2, 0.25) is 0 Å². The van der Waals surface area contributed by atoms with Gasteiger partial charge in [0, 0.05) is 35.3 Å². The number of thioether (sulfide) groups is 1. The molecule has 180 valence electrons. The number of carboxylic acid groups (broad SMARTS) is 1. The molecule has 9 heteroatoms. The highest BCUT2D eigenvalue weighted by molar-refractivity contribution is 7.99. The van der Waals surface area contributed by atoms with Crippen molar-refractivity contribution < 1.29 is 19.7 Å². The molecule has 8 nitrogen and oxygen atoms in total. The van der Waals surface area contributed by atoms with Crippen molar-refractivity contribution in [3.63, 3.8) is 0 Å². The molecule has 1 saturated heterocycles. The zero-order valence-electron chi connectivity index (χ0n) is 19.2. The summed E-state index contributed by atoms with van der Waals surface area (Å²) in [6.07, 6.45) is 6.42. The van der Waals surface area contributed by atoms with E-state index in [1.807, 2.05) is 30.3 Å². The molecule has 0 bridgehead atoms. The molecule has 1 aliphatic rings. The number of ether oxygens (including phenoxy) is 1. The second kappa shape index (κ2) is 11.6. The summed E-state index contributed by atoms with van der Waals surface area (Å²) in [6, 6.07) is 9.38. The van der Waals surface area contributed by atoms with Crippen LogP contribution in [0.5, 0.6) is 5.75 Å². The van der Waals surface area contributed by atoms with Gasteiger partial charge in [0.15, 0.2) is 0 Å². The van der Waals surface area contributed by atoms with E-state index in [0.717, 1.165) is 46.6 Å². The van der Waals surface area contributed by atoms with Crippen LogP contribution in [0.4, 0.5) is 0 Å². The molecule has 1 unspecified atom stereocenters. The molecule has 3 atom stereocenters. The smallest absolute Gasteiger partial charge is 0.308 e. The fourth-order valence-electron chi connectivity index (χ4n) is 4.64. The number of aliphatic hydroxyl groups excluding tert-OH is 1. The second-order valence-corrected chi connectivity index (χ2v) is 9.77. The van der Waals surface area contributed by atoms with E-state index < -0.39 is 18.0 Å². The number of hydrogen-bond acceptors (Lipinski definition) is 8. The fraction of sp³-hybridized carbons (Fsp3) is 0.440. The van der Waals surface area contributed by atoms with Crippen molar-refractivity contribution in [2.24, 2.45) is 11.8 Å². The SMILES string of the molecule is COc1ccc2nccc(C(O)CC[C@@H]3CCN(CCSc4ccnnc4)C[C@@H]3C(=O)O)c2c1. The van der Waals surface area contributed by atoms with Crippen LogP contribution in [0, 0.1) is 11.8 Å². The van der Waals surface area contributed by atoms with Crippen molar-refractivity contribution in [1.29, 1.82) is 0 Å². The van der Waals surface area contributed by atoms with Gasteiger partial charge in [-0.15, -0.1) is 11.8 Å². The number of aromatic nitrogens is 3. The van der Waals surface area contributed by atoms with E-state index in [1.54, 1.807) is 37.5 Å². The third-order valence-corrected chi connectivity index (χ3v) is 7.50. The summed E-state index contributed by atoms with van der Waals surface area (Å²) >= 11 is 1.70. The Morgan fingerprint density at radius 2 is 2.15 bits per heavy atom. The van der Waals surface area contributed by atoms with Crippen LogP contribution in [0.1, 0.15) is 30.9 Å². The third kappa shape index (κ3) is 6.02. The molecule has 3 aromatic rings. The molecule has 0 spiro atoms. The van der Waals surface area contributed by atoms with Gasteiger partial charge in [-0.3, -0.25) is 9.78 Å². The first kappa shape index (κ1) is 24.4. The van der Waals surface area contributed by atoms with Crippen molar-refractivity contribution in [2.75, 3.05) is 32.5 Å². The lowest BCUT2D eigenvalue weighted by molar-refractivity contribution is -0.146. The molecule has 0 amide bonds. The molecule has 0 radical (unpaired) electrons. The number of carbonyl (C=O) groups is 1. The highest BCUT2D eigenvalue weighted by Crippen LogP contribution is 2.34. The number of carboxylic acids is 1. The summed E-state index contributed by atoms with van der Waals surface area (Å²) in [7, 11) is 1.61. The first-order valence-corrected chi connectivity index (χ1v) is 12.5. The van der Waals surface area contributed by atoms with E-state index in [4.69, 9.17) is 4.74 Å². The number of aliphatic carboxylic acids is 1. The van der Waals surface area contributed by atoms with Crippen molar-refractivity contribution in [3.05, 3.63) is 54.5 Å². The van der Waals surface area contributed by atoms with E-state index in [1.165, 1.54) is 0 Å². The summed E-state index contributed by atoms with van der Waals surface area (Å²) in [5, 5.41) is 29.4. The highest BCUT2D eigenvalue weighted by atomic mass is 32.2. The number of benzene rings is 1. The summed E-state index contributed by atoms with van der Waals surface area (Å²) in [6.45, 7) is 2.24. The fourth-order valence-corrected chi connectivity index (χ4v) is 5.51. The second-order valence-electron chi connectivity index (χ2n) is 8.60. The maximum absolute atomic E-state index is 12.0. The number of methoxy groups -OCH3 is 1. The minimum Gasteiger partial charge on any atom is -0.497 e. The Hall–Kier alpha value is -2.75. The molecule has 2 aromatic heterocycles. The van der Waals surface area contributed by atoms with Gasteiger partial charge in [-0.2, -0.15) is 10.2 Å². The zero-order chi connectivity index (χ0) is 23.9. The number of piperidine rings is 1. The monoisotopic (exact) mass is 482 g/mol. The van der Waals surface area contributed by atoms with Gasteiger partial charge in [-0.05, 0) is 67.6 Å². The molecule has 3 heterocycles. The van der Waals surface area contributed by atoms with Crippen LogP contribution >= 0.6 is 11.8 Å². The van der Waals surface area contributed by atoms with Gasteiger partial charge in [-0.1, -0.05) is 0 Å². The van der Waals surface area contributed by atoms with Gasteiger partial charge in [-0.25, -0.2) is 0 Å². The van der Waals surface area contributed by atoms with Crippen molar-refractivity contribution in [2.45, 2.75) is 30.3 Å². The van der Waals surface area contributed by atoms with Crippen molar-refractivity contribution in [3.8, 4) is 5.75 Å². The summed E-state index contributed by atoms with van der Waals surface area (Å²) < 4.78 is 5.33. The normalized spacial score (nSPS) is 19.7. The largest absolute Gasteiger partial charge is 0.497 e. The van der Waals surface area contributed by atoms with Gasteiger partial charge in [0.25, 0.3) is 0 Å². The van der Waals surface area contributed by atoms with Crippen molar-refractivity contribution in [1.82, 2.24) is 20.1 Å². The number of likely N-dealkylation sites (tertiary alicyclic amines) is 1. The van der Waals surface area contributed by atoms with E-state index in [2.05, 4.69) is 20.1 Å². The molecule has 1 aromatic carbocycles. The average molecular weight is 483 g/mol. The van der Waals surface area contributed by atoms with E-state index in [-0.39, 0.29) is 5.92 Å². The van der Waals surface area contributed by atoms with Crippen molar-refractivity contribution >= 4 is 28.6 Å². The molecule has 2 N–H and O–H groups in total. The lowest BCUT2D eigenvalue weighted by atomic mass is 9.81. The average Bonchev–Trinajstić information content (AvgIpc) is 2.87. The predicted molar refractivity (Wildman–Crippen MR) is 131 cm³/mol. The van der Waals surface area contributed by atoms with Crippen LogP contribution < -0.4 is 4.74 Å². The van der Waals surface area contributed by atoms with Crippen LogP contribution in [0.3, 0.4) is 0 Å². The summed E-state index contributed by atoms with van der Waals surface area (Å²) in [4.78, 5) is 19.7. The Morgan fingerprint density at radius 3 is 2.91 bits per heavy atom. The third-order valence-electron chi connectivity index (χ3n) is 6.54. The molecular formula is C25H30N4O4S. The molecule has 4 rings (SSSR count). The number of hydrogen-bond donors (Lipinski definition) is 2. The van der Waals surface area contributed by atoms with Gasteiger partial charge >= 0.3 is 5.97 Å². The van der Waals surface area contributed by atoms with Gasteiger partial charge in [0.1, 0.15) is 5.75 Å². The van der Waals surface area contributed by atoms with Gasteiger partial charge in [0.05, 0.1) is 37.0 Å². The quantitative estimate of drug-likeness (QED) is 0.418.